The van der Waals surface area contributed by atoms with Crippen molar-refractivity contribution in [1.29, 1.82) is 0 Å². The van der Waals surface area contributed by atoms with Crippen molar-refractivity contribution >= 4 is 5.97 Å². The second-order valence-electron chi connectivity index (χ2n) is 7.08. The Morgan fingerprint density at radius 2 is 1.27 bits per heavy atom. The molecule has 152 valence electrons. The van der Waals surface area contributed by atoms with Crippen LogP contribution in [0.15, 0.2) is 103 Å². The van der Waals surface area contributed by atoms with Crippen LogP contribution in [0.25, 0.3) is 0 Å². The van der Waals surface area contributed by atoms with Gasteiger partial charge in [0.05, 0.1) is 12.7 Å². The number of hydrogen-bond donors (Lipinski definition) is 2. The summed E-state index contributed by atoms with van der Waals surface area (Å²) in [6, 6.07) is 29.2. The Balaban J connectivity index is 1.77. The van der Waals surface area contributed by atoms with Gasteiger partial charge in [0, 0.05) is 0 Å². The largest absolute Gasteiger partial charge is 0.508 e. The van der Waals surface area contributed by atoms with E-state index in [0.29, 0.717) is 0 Å². The lowest BCUT2D eigenvalue weighted by Gasteiger charge is -2.37. The summed E-state index contributed by atoms with van der Waals surface area (Å²) >= 11 is 0. The molecule has 3 aromatic rings. The predicted octanol–water partition coefficient (Wildman–Crippen LogP) is 3.72. The minimum atomic E-state index is -1.23. The molecule has 3 aromatic carbocycles. The molecule has 0 saturated heterocycles. The lowest BCUT2D eigenvalue weighted by Crippen LogP contribution is -2.39. The number of cyclic esters (lactones) is 1. The Kier molecular flexibility index (Phi) is 5.65. The van der Waals surface area contributed by atoms with Crippen LogP contribution in [0.2, 0.25) is 0 Å². The molecule has 0 fully saturated rings. The third-order valence-corrected chi connectivity index (χ3v) is 5.16. The molecule has 0 radical (unpaired) electrons. The summed E-state index contributed by atoms with van der Waals surface area (Å²) in [5.74, 6) is -0.988. The summed E-state index contributed by atoms with van der Waals surface area (Å²) in [5.41, 5.74) is 1.65. The van der Waals surface area contributed by atoms with Gasteiger partial charge in [-0.1, -0.05) is 91.0 Å². The average Bonchev–Trinajstić information content (AvgIpc) is 3.14. The SMILES string of the molecule is O=C1C=C(O)[C@@H]([C@@H](O)COC(c2ccccc2)(c2ccccc2)c2ccccc2)O1. The maximum Gasteiger partial charge on any atom is 0.335 e. The molecule has 1 heterocycles. The number of carbonyl (C=O) groups excluding carboxylic acids is 1. The molecular weight excluding hydrogens is 380 g/mol. The average molecular weight is 402 g/mol. The Labute approximate surface area is 174 Å². The molecule has 0 bridgehead atoms. The molecule has 0 saturated carbocycles. The number of rotatable bonds is 7. The van der Waals surface area contributed by atoms with Crippen LogP contribution in [-0.4, -0.2) is 35.0 Å². The van der Waals surface area contributed by atoms with Gasteiger partial charge in [-0.15, -0.1) is 0 Å². The first-order valence-electron chi connectivity index (χ1n) is 9.71. The third kappa shape index (κ3) is 3.73. The van der Waals surface area contributed by atoms with Gasteiger partial charge in [-0.25, -0.2) is 4.79 Å². The number of carbonyl (C=O) groups is 1. The number of hydrogen-bond acceptors (Lipinski definition) is 5. The van der Waals surface area contributed by atoms with Crippen molar-refractivity contribution in [3.8, 4) is 0 Å². The summed E-state index contributed by atoms with van der Waals surface area (Å²) in [5, 5.41) is 20.5. The van der Waals surface area contributed by atoms with Gasteiger partial charge in [-0.05, 0) is 16.7 Å². The molecule has 0 unspecified atom stereocenters. The van der Waals surface area contributed by atoms with E-state index in [1.165, 1.54) is 0 Å². The fraction of sp³-hybridized carbons (Fsp3) is 0.160. The van der Waals surface area contributed by atoms with Crippen molar-refractivity contribution in [3.05, 3.63) is 120 Å². The smallest absolute Gasteiger partial charge is 0.335 e. The van der Waals surface area contributed by atoms with Crippen LogP contribution in [0, 0.1) is 0 Å². The summed E-state index contributed by atoms with van der Waals surface area (Å²) in [6.45, 7) is -0.172. The summed E-state index contributed by atoms with van der Waals surface area (Å²) in [4.78, 5) is 11.4. The van der Waals surface area contributed by atoms with E-state index in [-0.39, 0.29) is 12.4 Å². The first kappa shape index (κ1) is 19.9. The van der Waals surface area contributed by atoms with Crippen molar-refractivity contribution < 1.29 is 24.5 Å². The Morgan fingerprint density at radius 1 is 0.833 bits per heavy atom. The number of aliphatic hydroxyl groups excluding tert-OH is 2. The first-order valence-corrected chi connectivity index (χ1v) is 9.71. The fourth-order valence-corrected chi connectivity index (χ4v) is 3.76. The molecule has 2 atom stereocenters. The van der Waals surface area contributed by atoms with Crippen LogP contribution in [-0.2, 0) is 19.9 Å². The Bertz CT molecular complexity index is 919. The van der Waals surface area contributed by atoms with Gasteiger partial charge >= 0.3 is 5.97 Å². The first-order chi connectivity index (χ1) is 14.6. The lowest BCUT2D eigenvalue weighted by molar-refractivity contribution is -0.147. The monoisotopic (exact) mass is 402 g/mol. The van der Waals surface area contributed by atoms with Crippen LogP contribution in [0.3, 0.4) is 0 Å². The molecule has 0 spiro atoms. The number of benzene rings is 3. The quantitative estimate of drug-likeness (QED) is 0.465. The predicted molar refractivity (Wildman–Crippen MR) is 112 cm³/mol. The van der Waals surface area contributed by atoms with Crippen LogP contribution < -0.4 is 0 Å². The highest BCUT2D eigenvalue weighted by Gasteiger charge is 2.40. The molecule has 4 rings (SSSR count). The zero-order valence-corrected chi connectivity index (χ0v) is 16.2. The highest BCUT2D eigenvalue weighted by atomic mass is 16.6. The van der Waals surface area contributed by atoms with Gasteiger partial charge in [-0.3, -0.25) is 0 Å². The van der Waals surface area contributed by atoms with Gasteiger partial charge in [0.15, 0.2) is 6.10 Å². The van der Waals surface area contributed by atoms with E-state index in [0.717, 1.165) is 22.8 Å². The maximum atomic E-state index is 11.4. The maximum absolute atomic E-state index is 11.4. The van der Waals surface area contributed by atoms with Gasteiger partial charge in [0.1, 0.15) is 17.5 Å². The van der Waals surface area contributed by atoms with Gasteiger partial charge in [0.2, 0.25) is 0 Å². The van der Waals surface area contributed by atoms with Crippen molar-refractivity contribution in [2.75, 3.05) is 6.61 Å². The van der Waals surface area contributed by atoms with E-state index in [4.69, 9.17) is 9.47 Å². The van der Waals surface area contributed by atoms with Crippen LogP contribution in [0.1, 0.15) is 16.7 Å². The van der Waals surface area contributed by atoms with Crippen LogP contribution in [0.4, 0.5) is 0 Å². The fourth-order valence-electron chi connectivity index (χ4n) is 3.76. The van der Waals surface area contributed by atoms with Gasteiger partial charge in [0.25, 0.3) is 0 Å². The van der Waals surface area contributed by atoms with Crippen molar-refractivity contribution in [2.24, 2.45) is 0 Å². The van der Waals surface area contributed by atoms with E-state index < -0.39 is 23.8 Å². The van der Waals surface area contributed by atoms with Crippen LogP contribution in [0.5, 0.6) is 0 Å². The third-order valence-electron chi connectivity index (χ3n) is 5.16. The number of aliphatic hydroxyl groups is 2. The minimum Gasteiger partial charge on any atom is -0.508 e. The molecule has 5 heteroatoms. The molecule has 5 nitrogen and oxygen atoms in total. The van der Waals surface area contributed by atoms with E-state index in [1.54, 1.807) is 0 Å². The Hall–Kier alpha value is -3.41. The zero-order chi connectivity index (χ0) is 21.0. The summed E-state index contributed by atoms with van der Waals surface area (Å²) in [7, 11) is 0. The van der Waals surface area contributed by atoms with E-state index in [9.17, 15) is 15.0 Å². The zero-order valence-electron chi connectivity index (χ0n) is 16.2. The van der Waals surface area contributed by atoms with Crippen LogP contribution >= 0.6 is 0 Å². The lowest BCUT2D eigenvalue weighted by atomic mass is 9.80. The van der Waals surface area contributed by atoms with Crippen molar-refractivity contribution in [2.45, 2.75) is 17.8 Å². The summed E-state index contributed by atoms with van der Waals surface area (Å²) < 4.78 is 11.5. The highest BCUT2D eigenvalue weighted by Crippen LogP contribution is 2.40. The second-order valence-corrected chi connectivity index (χ2v) is 7.08. The Morgan fingerprint density at radius 3 is 1.63 bits per heavy atom. The molecule has 0 amide bonds. The molecule has 0 aromatic heterocycles. The minimum absolute atomic E-state index is 0.172. The van der Waals surface area contributed by atoms with E-state index >= 15 is 0 Å². The molecule has 1 aliphatic heterocycles. The molecule has 30 heavy (non-hydrogen) atoms. The number of esters is 1. The highest BCUT2D eigenvalue weighted by molar-refractivity contribution is 5.85. The standard InChI is InChI=1S/C25H22O5/c26-21-16-23(28)30-24(21)22(27)17-29-25(18-10-4-1-5-11-18,19-12-6-2-7-13-19)20-14-8-3-9-15-20/h1-16,22,24,26-27H,17H2/t22-,24-/m0/s1. The van der Waals surface area contributed by atoms with Gasteiger partial charge < -0.3 is 19.7 Å². The van der Waals surface area contributed by atoms with Crippen molar-refractivity contribution in [1.82, 2.24) is 0 Å². The topological polar surface area (TPSA) is 76.0 Å². The molecule has 0 aliphatic carbocycles. The van der Waals surface area contributed by atoms with E-state index in [1.807, 2.05) is 91.0 Å². The molecular formula is C25H22O5. The number of ether oxygens (including phenoxy) is 2. The molecule has 2 N–H and O–H groups in total. The second kappa shape index (κ2) is 8.53. The van der Waals surface area contributed by atoms with Gasteiger partial charge in [-0.2, -0.15) is 0 Å². The molecule has 1 aliphatic rings. The van der Waals surface area contributed by atoms with E-state index in [2.05, 4.69) is 0 Å². The normalized spacial score (nSPS) is 17.3. The van der Waals surface area contributed by atoms with Crippen molar-refractivity contribution in [3.63, 3.8) is 0 Å². The summed E-state index contributed by atoms with van der Waals surface area (Å²) in [6.07, 6.45) is -1.41.